The Labute approximate surface area is 139 Å². The summed E-state index contributed by atoms with van der Waals surface area (Å²) in [5.41, 5.74) is 1.59. The maximum atomic E-state index is 11.5. The van der Waals surface area contributed by atoms with Crippen LogP contribution in [0, 0.1) is 6.92 Å². The smallest absolute Gasteiger partial charge is 0.306 e. The van der Waals surface area contributed by atoms with E-state index in [9.17, 15) is 8.42 Å². The van der Waals surface area contributed by atoms with Gasteiger partial charge in [-0.1, -0.05) is 11.6 Å². The lowest BCUT2D eigenvalue weighted by atomic mass is 10.2. The molecule has 3 rings (SSSR count). The predicted molar refractivity (Wildman–Crippen MR) is 88.9 cm³/mol. The van der Waals surface area contributed by atoms with E-state index < -0.39 is 10.1 Å². The van der Waals surface area contributed by atoms with Crippen molar-refractivity contribution in [3.8, 4) is 5.75 Å². The molecule has 0 amide bonds. The number of hydrogen-bond acceptors (Lipinski definition) is 7. The Morgan fingerprint density at radius 1 is 1.39 bits per heavy atom. The summed E-state index contributed by atoms with van der Waals surface area (Å²) in [4.78, 5) is 6.47. The highest BCUT2D eigenvalue weighted by Crippen LogP contribution is 2.38. The lowest BCUT2D eigenvalue weighted by Gasteiger charge is -2.16. The van der Waals surface area contributed by atoms with Gasteiger partial charge in [0.2, 0.25) is 0 Å². The molecule has 7 nitrogen and oxygen atoms in total. The van der Waals surface area contributed by atoms with Crippen LogP contribution in [0.5, 0.6) is 5.75 Å². The van der Waals surface area contributed by atoms with Crippen molar-refractivity contribution in [2.45, 2.75) is 13.3 Å². The quantitative estimate of drug-likeness (QED) is 0.838. The molecule has 1 aromatic carbocycles. The summed E-state index contributed by atoms with van der Waals surface area (Å²) in [6.45, 7) is 5.20. The molecule has 0 aliphatic carbocycles. The van der Waals surface area contributed by atoms with Gasteiger partial charge >= 0.3 is 10.1 Å². The van der Waals surface area contributed by atoms with Crippen LogP contribution in [0.1, 0.15) is 12.0 Å². The van der Waals surface area contributed by atoms with E-state index in [2.05, 4.69) is 10.3 Å². The van der Waals surface area contributed by atoms with Crippen LogP contribution in [0.4, 0.5) is 6.01 Å². The highest BCUT2D eigenvalue weighted by Gasteiger charge is 2.23. The first-order chi connectivity index (χ1) is 10.8. The zero-order valence-electron chi connectivity index (χ0n) is 12.9. The highest BCUT2D eigenvalue weighted by molar-refractivity contribution is 7.86. The van der Waals surface area contributed by atoms with Crippen molar-refractivity contribution in [2.75, 3.05) is 37.3 Å². The molecule has 126 valence electrons. The number of aryl methyl sites for hydroxylation is 1. The Morgan fingerprint density at radius 2 is 2.17 bits per heavy atom. The molecule has 2 aromatic rings. The molecule has 0 bridgehead atoms. The summed E-state index contributed by atoms with van der Waals surface area (Å²) in [6, 6.07) is 2.07. The lowest BCUT2D eigenvalue weighted by Crippen LogP contribution is -2.27. The summed E-state index contributed by atoms with van der Waals surface area (Å²) < 4.78 is 33.8. The van der Waals surface area contributed by atoms with Crippen LogP contribution in [-0.2, 0) is 10.1 Å². The Bertz CT molecular complexity index is 826. The van der Waals surface area contributed by atoms with Crippen LogP contribution >= 0.6 is 11.6 Å². The minimum absolute atomic E-state index is 0.0118. The SMILES string of the molecule is Cc1cc(Cl)c(OS(C)(=O)=O)c2nc(N3CCCNCC3)oc12. The van der Waals surface area contributed by atoms with Gasteiger partial charge in [0.15, 0.2) is 16.8 Å². The van der Waals surface area contributed by atoms with Crippen molar-refractivity contribution in [1.82, 2.24) is 10.3 Å². The molecule has 0 atom stereocenters. The summed E-state index contributed by atoms with van der Waals surface area (Å²) in [6.07, 6.45) is 1.95. The zero-order valence-corrected chi connectivity index (χ0v) is 14.5. The molecule has 1 N–H and O–H groups in total. The lowest BCUT2D eigenvalue weighted by molar-refractivity contribution is 0.495. The number of aromatic nitrogens is 1. The molecule has 0 spiro atoms. The van der Waals surface area contributed by atoms with E-state index in [0.717, 1.165) is 44.4 Å². The van der Waals surface area contributed by atoms with Gasteiger partial charge in [-0.25, -0.2) is 0 Å². The number of nitrogens with one attached hydrogen (secondary N) is 1. The molecule has 1 saturated heterocycles. The Morgan fingerprint density at radius 3 is 2.91 bits per heavy atom. The minimum Gasteiger partial charge on any atom is -0.423 e. The fraction of sp³-hybridized carbons (Fsp3) is 0.500. The second-order valence-electron chi connectivity index (χ2n) is 5.56. The molecule has 1 aliphatic heterocycles. The molecule has 1 fully saturated rings. The van der Waals surface area contributed by atoms with Crippen LogP contribution in [0.3, 0.4) is 0 Å². The second kappa shape index (κ2) is 6.18. The number of fused-ring (bicyclic) bond motifs is 1. The summed E-state index contributed by atoms with van der Waals surface area (Å²) in [5.74, 6) is 0.0118. The molecule has 2 heterocycles. The van der Waals surface area contributed by atoms with Gasteiger partial charge < -0.3 is 18.8 Å². The van der Waals surface area contributed by atoms with Crippen molar-refractivity contribution >= 4 is 38.8 Å². The van der Waals surface area contributed by atoms with Gasteiger partial charge in [0.25, 0.3) is 6.01 Å². The monoisotopic (exact) mass is 359 g/mol. The van der Waals surface area contributed by atoms with Gasteiger partial charge in [-0.2, -0.15) is 13.4 Å². The van der Waals surface area contributed by atoms with E-state index in [1.807, 2.05) is 11.8 Å². The van der Waals surface area contributed by atoms with E-state index >= 15 is 0 Å². The van der Waals surface area contributed by atoms with Gasteiger partial charge in [0.05, 0.1) is 11.3 Å². The first-order valence-corrected chi connectivity index (χ1v) is 9.49. The number of oxazole rings is 1. The Balaban J connectivity index is 2.10. The molecule has 1 aromatic heterocycles. The third-order valence-corrected chi connectivity index (χ3v) is 4.34. The zero-order chi connectivity index (χ0) is 16.6. The predicted octanol–water partition coefficient (Wildman–Crippen LogP) is 1.93. The topological polar surface area (TPSA) is 84.7 Å². The standard InChI is InChI=1S/C14H18ClN3O4S/c1-9-8-10(15)13(22-23(2,19)20)11-12(9)21-14(17-11)18-6-3-4-16-5-7-18/h8,16H,3-7H2,1-2H3. The van der Waals surface area contributed by atoms with Gasteiger partial charge in [-0.15, -0.1) is 0 Å². The number of halogens is 1. The maximum Gasteiger partial charge on any atom is 0.306 e. The maximum absolute atomic E-state index is 11.5. The molecule has 0 radical (unpaired) electrons. The average molecular weight is 360 g/mol. The molecular weight excluding hydrogens is 342 g/mol. The van der Waals surface area contributed by atoms with E-state index in [1.165, 1.54) is 0 Å². The molecule has 23 heavy (non-hydrogen) atoms. The summed E-state index contributed by atoms with van der Waals surface area (Å²) >= 11 is 6.14. The van der Waals surface area contributed by atoms with Crippen LogP contribution in [0.25, 0.3) is 11.1 Å². The van der Waals surface area contributed by atoms with E-state index in [4.69, 9.17) is 20.2 Å². The second-order valence-corrected chi connectivity index (χ2v) is 7.54. The average Bonchev–Trinajstić information content (AvgIpc) is 2.71. The molecule has 0 saturated carbocycles. The van der Waals surface area contributed by atoms with Gasteiger partial charge in [-0.05, 0) is 31.5 Å². The fourth-order valence-electron chi connectivity index (χ4n) is 2.57. The van der Waals surface area contributed by atoms with Crippen molar-refractivity contribution in [3.05, 3.63) is 16.7 Å². The Hall–Kier alpha value is -1.51. The van der Waals surface area contributed by atoms with Crippen molar-refractivity contribution < 1.29 is 17.0 Å². The summed E-state index contributed by atoms with van der Waals surface area (Å²) in [5, 5.41) is 3.50. The fourth-order valence-corrected chi connectivity index (χ4v) is 3.38. The minimum atomic E-state index is -3.72. The van der Waals surface area contributed by atoms with Crippen LogP contribution < -0.4 is 14.4 Å². The number of rotatable bonds is 3. The van der Waals surface area contributed by atoms with Gasteiger partial charge in [0, 0.05) is 19.6 Å². The van der Waals surface area contributed by atoms with Crippen molar-refractivity contribution in [1.29, 1.82) is 0 Å². The van der Waals surface area contributed by atoms with Crippen molar-refractivity contribution in [2.24, 2.45) is 0 Å². The Kier molecular flexibility index (Phi) is 4.39. The number of hydrogen-bond donors (Lipinski definition) is 1. The molecule has 9 heteroatoms. The number of benzene rings is 1. The molecular formula is C14H18ClN3O4S. The van der Waals surface area contributed by atoms with Gasteiger partial charge in [-0.3, -0.25) is 0 Å². The normalized spacial score (nSPS) is 16.6. The molecule has 1 aliphatic rings. The molecule has 0 unspecified atom stereocenters. The van der Waals surface area contributed by atoms with Crippen LogP contribution in [-0.4, -0.2) is 45.8 Å². The first kappa shape index (κ1) is 16.4. The van der Waals surface area contributed by atoms with Crippen molar-refractivity contribution in [3.63, 3.8) is 0 Å². The van der Waals surface area contributed by atoms with E-state index in [0.29, 0.717) is 17.1 Å². The van der Waals surface area contributed by atoms with E-state index in [-0.39, 0.29) is 10.8 Å². The number of anilines is 1. The van der Waals surface area contributed by atoms with Gasteiger partial charge in [0.1, 0.15) is 0 Å². The number of nitrogens with zero attached hydrogens (tertiary/aromatic N) is 2. The first-order valence-electron chi connectivity index (χ1n) is 7.30. The highest BCUT2D eigenvalue weighted by atomic mass is 35.5. The van der Waals surface area contributed by atoms with Crippen LogP contribution in [0.15, 0.2) is 10.5 Å². The third kappa shape index (κ3) is 3.54. The third-order valence-electron chi connectivity index (χ3n) is 3.59. The summed E-state index contributed by atoms with van der Waals surface area (Å²) in [7, 11) is -3.72. The van der Waals surface area contributed by atoms with E-state index in [1.54, 1.807) is 6.07 Å². The van der Waals surface area contributed by atoms with Crippen LogP contribution in [0.2, 0.25) is 5.02 Å². The largest absolute Gasteiger partial charge is 0.423 e.